The monoisotopic (exact) mass is 382 g/mol. The lowest BCUT2D eigenvalue weighted by Crippen LogP contribution is -2.59. The smallest absolute Gasteiger partial charge is 0.324 e. The van der Waals surface area contributed by atoms with Gasteiger partial charge in [0.25, 0.3) is 5.78 Å². The van der Waals surface area contributed by atoms with Crippen LogP contribution in [0.5, 0.6) is 0 Å². The predicted octanol–water partition coefficient (Wildman–Crippen LogP) is 2.58. The van der Waals surface area contributed by atoms with Gasteiger partial charge in [0.1, 0.15) is 5.54 Å². The number of carboxylic acids is 1. The molecule has 4 rings (SSSR count). The van der Waals surface area contributed by atoms with E-state index >= 15 is 0 Å². The van der Waals surface area contributed by atoms with E-state index < -0.39 is 35.4 Å². The first-order valence-corrected chi connectivity index (χ1v) is 9.40. The Bertz CT molecular complexity index is 923. The first kappa shape index (κ1) is 18.4. The molecule has 1 aliphatic heterocycles. The van der Waals surface area contributed by atoms with Crippen LogP contribution in [0.3, 0.4) is 0 Å². The molecule has 7 heteroatoms. The predicted molar refractivity (Wildman–Crippen MR) is 101 cm³/mol. The number of carboxylic acid groups (broad SMARTS) is 1. The summed E-state index contributed by atoms with van der Waals surface area (Å²) in [5, 5.41) is 13.5. The van der Waals surface area contributed by atoms with E-state index in [2.05, 4.69) is 5.32 Å². The largest absolute Gasteiger partial charge is 0.480 e. The van der Waals surface area contributed by atoms with E-state index in [4.69, 9.17) is 10.2 Å². The molecular weight excluding hydrogens is 360 g/mol. The summed E-state index contributed by atoms with van der Waals surface area (Å²) in [6.07, 6.45) is 3.42. The maximum atomic E-state index is 12.6. The number of rotatable bonds is 6. The fourth-order valence-electron chi connectivity index (χ4n) is 4.77. The lowest BCUT2D eigenvalue weighted by molar-refractivity contribution is -0.146. The van der Waals surface area contributed by atoms with E-state index in [-0.39, 0.29) is 17.7 Å². The van der Waals surface area contributed by atoms with E-state index in [0.717, 1.165) is 30.5 Å². The fraction of sp³-hybridized carbons (Fsp3) is 0.381. The summed E-state index contributed by atoms with van der Waals surface area (Å²) in [7, 11) is 0. The minimum atomic E-state index is -1.88. The van der Waals surface area contributed by atoms with Crippen LogP contribution < -0.4 is 11.1 Å². The van der Waals surface area contributed by atoms with Crippen LogP contribution in [0.25, 0.3) is 0 Å². The molecule has 2 unspecified atom stereocenters. The van der Waals surface area contributed by atoms with Gasteiger partial charge in [0.2, 0.25) is 5.78 Å². The molecule has 0 radical (unpaired) electrons. The van der Waals surface area contributed by atoms with Crippen LogP contribution in [-0.4, -0.2) is 34.2 Å². The van der Waals surface area contributed by atoms with Gasteiger partial charge in [-0.05, 0) is 42.5 Å². The van der Waals surface area contributed by atoms with Crippen molar-refractivity contribution in [2.24, 2.45) is 11.7 Å². The number of nitrogens with two attached hydrogens (primary N) is 1. The summed E-state index contributed by atoms with van der Waals surface area (Å²) in [5.74, 6) is -3.68. The molecule has 0 amide bonds. The number of aliphatic carboxylic acids is 1. The Morgan fingerprint density at radius 3 is 2.68 bits per heavy atom. The van der Waals surface area contributed by atoms with Crippen molar-refractivity contribution in [1.29, 1.82) is 0 Å². The Labute approximate surface area is 161 Å². The number of nitrogens with one attached hydrogen (secondary N) is 1. The summed E-state index contributed by atoms with van der Waals surface area (Å²) in [6.45, 7) is 0. The number of carbonyl (C=O) groups is 3. The van der Waals surface area contributed by atoms with E-state index in [1.54, 1.807) is 0 Å². The van der Waals surface area contributed by atoms with Crippen LogP contribution in [0.4, 0.5) is 5.69 Å². The molecule has 4 N–H and O–H groups in total. The summed E-state index contributed by atoms with van der Waals surface area (Å²) < 4.78 is 4.99. The number of hydrogen-bond acceptors (Lipinski definition) is 6. The Balaban J connectivity index is 1.73. The van der Waals surface area contributed by atoms with Gasteiger partial charge in [0, 0.05) is 24.1 Å². The van der Waals surface area contributed by atoms with Gasteiger partial charge in [-0.15, -0.1) is 0 Å². The van der Waals surface area contributed by atoms with Crippen molar-refractivity contribution in [2.75, 3.05) is 5.32 Å². The average molecular weight is 382 g/mol. The molecule has 2 heterocycles. The van der Waals surface area contributed by atoms with Crippen molar-refractivity contribution in [3.05, 3.63) is 54.0 Å². The Morgan fingerprint density at radius 1 is 1.18 bits per heavy atom. The number of ketones is 2. The number of fused-ring (bicyclic) bond motifs is 2. The number of para-hydroxylation sites is 1. The van der Waals surface area contributed by atoms with Gasteiger partial charge >= 0.3 is 5.97 Å². The van der Waals surface area contributed by atoms with E-state index in [0.29, 0.717) is 0 Å². The van der Waals surface area contributed by atoms with Gasteiger partial charge in [-0.25, -0.2) is 0 Å². The minimum absolute atomic E-state index is 0.0116. The molecule has 1 aliphatic carbocycles. The van der Waals surface area contributed by atoms with Crippen LogP contribution >= 0.6 is 0 Å². The molecule has 1 saturated carbocycles. The number of anilines is 1. The topological polar surface area (TPSA) is 123 Å². The van der Waals surface area contributed by atoms with Crippen LogP contribution in [0.15, 0.2) is 47.1 Å². The van der Waals surface area contributed by atoms with Crippen LogP contribution in [0.1, 0.15) is 47.7 Å². The molecule has 1 aromatic carbocycles. The van der Waals surface area contributed by atoms with Crippen LogP contribution in [-0.2, 0) is 9.59 Å². The highest BCUT2D eigenvalue weighted by atomic mass is 16.4. The zero-order chi connectivity index (χ0) is 19.9. The highest BCUT2D eigenvalue weighted by Gasteiger charge is 2.54. The third kappa shape index (κ3) is 2.92. The Kier molecular flexibility index (Phi) is 4.55. The van der Waals surface area contributed by atoms with Crippen molar-refractivity contribution >= 4 is 23.2 Å². The first-order valence-electron chi connectivity index (χ1n) is 9.40. The molecule has 1 aromatic heterocycles. The summed E-state index contributed by atoms with van der Waals surface area (Å²) in [6, 6.07) is 10.5. The maximum absolute atomic E-state index is 12.6. The minimum Gasteiger partial charge on any atom is -0.480 e. The average Bonchev–Trinajstić information content (AvgIpc) is 3.36. The molecule has 7 nitrogen and oxygen atoms in total. The first-order chi connectivity index (χ1) is 13.4. The zero-order valence-electron chi connectivity index (χ0n) is 15.3. The second kappa shape index (κ2) is 6.91. The second-order valence-corrected chi connectivity index (χ2v) is 7.66. The number of benzene rings is 1. The molecule has 2 aromatic rings. The standard InChI is InChI=1S/C21H22N2O5/c22-21(20(26)27,11-16(24)19(25)17-9-4-10-28-17)18-12-5-1-2-7-14(12)23-15-8-3-6-13(15)18/h1-2,4-5,7,9-10,13,15,18,23H,3,6,8,11,22H2,(H,26,27)/t13-,15+,18?,21?/m0/s1. The van der Waals surface area contributed by atoms with Crippen LogP contribution in [0.2, 0.25) is 0 Å². The van der Waals surface area contributed by atoms with Crippen molar-refractivity contribution in [1.82, 2.24) is 0 Å². The maximum Gasteiger partial charge on any atom is 0.324 e. The third-order valence-electron chi connectivity index (χ3n) is 6.04. The molecule has 4 atom stereocenters. The lowest BCUT2D eigenvalue weighted by atomic mass is 9.66. The van der Waals surface area contributed by atoms with Crippen molar-refractivity contribution < 1.29 is 23.9 Å². The van der Waals surface area contributed by atoms with Gasteiger partial charge in [0.15, 0.2) is 5.76 Å². The number of furan rings is 1. The summed E-state index contributed by atoms with van der Waals surface area (Å²) in [5.41, 5.74) is 6.19. The quantitative estimate of drug-likeness (QED) is 0.518. The molecule has 0 spiro atoms. The molecule has 146 valence electrons. The number of hydrogen-bond donors (Lipinski definition) is 3. The van der Waals surface area contributed by atoms with E-state index in [9.17, 15) is 19.5 Å². The van der Waals surface area contributed by atoms with E-state index in [1.165, 1.54) is 18.4 Å². The highest BCUT2D eigenvalue weighted by Crippen LogP contribution is 2.50. The van der Waals surface area contributed by atoms with E-state index in [1.807, 2.05) is 24.3 Å². The zero-order valence-corrected chi connectivity index (χ0v) is 15.3. The van der Waals surface area contributed by atoms with Gasteiger partial charge in [-0.3, -0.25) is 14.4 Å². The van der Waals surface area contributed by atoms with Gasteiger partial charge in [0.05, 0.1) is 6.26 Å². The van der Waals surface area contributed by atoms with Crippen LogP contribution in [0, 0.1) is 5.92 Å². The normalized spacial score (nSPS) is 25.1. The fourth-order valence-corrected chi connectivity index (χ4v) is 4.77. The van der Waals surface area contributed by atoms with Gasteiger partial charge in [-0.2, -0.15) is 0 Å². The van der Waals surface area contributed by atoms with Crippen molar-refractivity contribution in [2.45, 2.75) is 43.2 Å². The lowest BCUT2D eigenvalue weighted by Gasteiger charge is -2.44. The molecule has 2 aliphatic rings. The molecule has 0 saturated heterocycles. The summed E-state index contributed by atoms with van der Waals surface area (Å²) in [4.78, 5) is 37.3. The molecule has 28 heavy (non-hydrogen) atoms. The van der Waals surface area contributed by atoms with Crippen molar-refractivity contribution in [3.8, 4) is 0 Å². The van der Waals surface area contributed by atoms with Gasteiger partial charge < -0.3 is 20.6 Å². The number of carbonyl (C=O) groups excluding carboxylic acids is 2. The second-order valence-electron chi connectivity index (χ2n) is 7.66. The Hall–Kier alpha value is -2.93. The van der Waals surface area contributed by atoms with Gasteiger partial charge in [-0.1, -0.05) is 24.6 Å². The summed E-state index contributed by atoms with van der Waals surface area (Å²) >= 11 is 0. The SMILES string of the molecule is NC(CC(=O)C(=O)c1ccco1)(C(=O)O)C1c2ccccc2N[C@@H]2CCC[C@H]12. The Morgan fingerprint density at radius 2 is 1.96 bits per heavy atom. The third-order valence-corrected chi connectivity index (χ3v) is 6.04. The number of Topliss-reactive ketones (excluding diaryl/α,β-unsaturated/α-hetero) is 2. The molecular formula is C21H22N2O5. The highest BCUT2D eigenvalue weighted by molar-refractivity contribution is 6.43. The van der Waals surface area contributed by atoms with Crippen molar-refractivity contribution in [3.63, 3.8) is 0 Å². The molecule has 0 bridgehead atoms. The molecule has 1 fully saturated rings.